The van der Waals surface area contributed by atoms with Gasteiger partial charge in [0.1, 0.15) is 5.76 Å². The summed E-state index contributed by atoms with van der Waals surface area (Å²) in [5.74, 6) is -0.992. The van der Waals surface area contributed by atoms with E-state index in [1.54, 1.807) is 25.1 Å². The lowest BCUT2D eigenvalue weighted by molar-refractivity contribution is -0.137. The van der Waals surface area contributed by atoms with Crippen molar-refractivity contribution in [2.75, 3.05) is 5.32 Å². The third-order valence-electron chi connectivity index (χ3n) is 3.91. The van der Waals surface area contributed by atoms with Gasteiger partial charge in [0.2, 0.25) is 0 Å². The van der Waals surface area contributed by atoms with Crippen LogP contribution in [0.15, 0.2) is 59.3 Å². The van der Waals surface area contributed by atoms with Crippen LogP contribution in [0.2, 0.25) is 0 Å². The Morgan fingerprint density at radius 3 is 2.24 bits per heavy atom. The van der Waals surface area contributed by atoms with Crippen LogP contribution >= 0.6 is 0 Å². The fourth-order valence-corrected chi connectivity index (χ4v) is 2.45. The molecular formula is C19H15F3N4O3. The fraction of sp³-hybridized carbons (Fsp3) is 0.105. The number of oxazole rings is 1. The maximum Gasteiger partial charge on any atom is 0.416 e. The topological polar surface area (TPSA) is 96.3 Å². The van der Waals surface area contributed by atoms with Gasteiger partial charge in [0.05, 0.1) is 16.8 Å². The molecule has 3 N–H and O–H groups in total. The number of hydrazine groups is 1. The van der Waals surface area contributed by atoms with Crippen molar-refractivity contribution in [2.45, 2.75) is 13.1 Å². The van der Waals surface area contributed by atoms with E-state index in [-0.39, 0.29) is 11.3 Å². The molecule has 0 atom stereocenters. The molecule has 1 heterocycles. The van der Waals surface area contributed by atoms with E-state index in [1.165, 1.54) is 18.2 Å². The summed E-state index contributed by atoms with van der Waals surface area (Å²) in [7, 11) is 0. The number of benzene rings is 2. The molecule has 0 saturated carbocycles. The van der Waals surface area contributed by atoms with Crippen molar-refractivity contribution < 1.29 is 27.2 Å². The highest BCUT2D eigenvalue weighted by Crippen LogP contribution is 2.30. The van der Waals surface area contributed by atoms with Crippen LogP contribution in [0.25, 0.3) is 0 Å². The first-order valence-electron chi connectivity index (χ1n) is 8.30. The lowest BCUT2D eigenvalue weighted by Gasteiger charge is -2.13. The molecule has 0 unspecified atom stereocenters. The Labute approximate surface area is 162 Å². The van der Waals surface area contributed by atoms with E-state index in [1.807, 2.05) is 0 Å². The zero-order valence-corrected chi connectivity index (χ0v) is 15.0. The molecule has 0 spiro atoms. The van der Waals surface area contributed by atoms with Gasteiger partial charge < -0.3 is 9.73 Å². The van der Waals surface area contributed by atoms with Crippen molar-refractivity contribution in [1.82, 2.24) is 15.8 Å². The molecule has 1 aromatic heterocycles. The largest absolute Gasteiger partial charge is 0.448 e. The van der Waals surface area contributed by atoms with Gasteiger partial charge in [-0.2, -0.15) is 13.2 Å². The molecule has 10 heteroatoms. The molecule has 0 saturated heterocycles. The highest BCUT2D eigenvalue weighted by molar-refractivity contribution is 6.02. The monoisotopic (exact) mass is 404 g/mol. The minimum Gasteiger partial charge on any atom is -0.448 e. The van der Waals surface area contributed by atoms with E-state index in [0.29, 0.717) is 17.1 Å². The van der Waals surface area contributed by atoms with Crippen LogP contribution in [-0.4, -0.2) is 16.8 Å². The van der Waals surface area contributed by atoms with E-state index in [9.17, 15) is 22.8 Å². The SMILES string of the molecule is Cc1ocnc1C(=O)NNC(=O)c1ccccc1Nc1ccc(C(F)(F)F)cc1. The van der Waals surface area contributed by atoms with Crippen LogP contribution < -0.4 is 16.2 Å². The minimum absolute atomic E-state index is 0.0291. The first-order valence-corrected chi connectivity index (χ1v) is 8.30. The normalized spacial score (nSPS) is 11.0. The smallest absolute Gasteiger partial charge is 0.416 e. The molecule has 0 aliphatic heterocycles. The molecule has 0 aliphatic rings. The van der Waals surface area contributed by atoms with E-state index in [0.717, 1.165) is 18.5 Å². The molecule has 0 radical (unpaired) electrons. The molecule has 0 aliphatic carbocycles. The number of aryl methyl sites for hydroxylation is 1. The molecular weight excluding hydrogens is 389 g/mol. The van der Waals surface area contributed by atoms with Gasteiger partial charge in [0.25, 0.3) is 11.8 Å². The molecule has 2 amide bonds. The Hall–Kier alpha value is -3.82. The van der Waals surface area contributed by atoms with Crippen LogP contribution in [0.4, 0.5) is 24.5 Å². The van der Waals surface area contributed by atoms with E-state index in [4.69, 9.17) is 4.42 Å². The average Bonchev–Trinajstić information content (AvgIpc) is 3.12. The number of alkyl halides is 3. The number of anilines is 2. The molecule has 0 bridgehead atoms. The number of aromatic nitrogens is 1. The Balaban J connectivity index is 1.70. The fourth-order valence-electron chi connectivity index (χ4n) is 2.45. The average molecular weight is 404 g/mol. The third kappa shape index (κ3) is 4.72. The Kier molecular flexibility index (Phi) is 5.53. The van der Waals surface area contributed by atoms with Crippen molar-refractivity contribution in [3.05, 3.63) is 77.5 Å². The van der Waals surface area contributed by atoms with Crippen molar-refractivity contribution in [1.29, 1.82) is 0 Å². The zero-order valence-electron chi connectivity index (χ0n) is 15.0. The maximum absolute atomic E-state index is 12.7. The second kappa shape index (κ2) is 8.05. The van der Waals surface area contributed by atoms with Crippen molar-refractivity contribution in [2.24, 2.45) is 0 Å². The second-order valence-electron chi connectivity index (χ2n) is 5.91. The first kappa shape index (κ1) is 19.9. The van der Waals surface area contributed by atoms with Gasteiger partial charge in [0, 0.05) is 5.69 Å². The Bertz CT molecular complexity index is 1030. The molecule has 7 nitrogen and oxygen atoms in total. The quantitative estimate of drug-likeness (QED) is 0.575. The molecule has 150 valence electrons. The van der Waals surface area contributed by atoms with Crippen molar-refractivity contribution in [3.8, 4) is 0 Å². The van der Waals surface area contributed by atoms with Crippen LogP contribution in [-0.2, 0) is 6.18 Å². The van der Waals surface area contributed by atoms with Crippen LogP contribution in [0.5, 0.6) is 0 Å². The summed E-state index contributed by atoms with van der Waals surface area (Å²) >= 11 is 0. The molecule has 29 heavy (non-hydrogen) atoms. The van der Waals surface area contributed by atoms with Gasteiger partial charge in [-0.15, -0.1) is 0 Å². The predicted octanol–water partition coefficient (Wildman–Crippen LogP) is 3.82. The summed E-state index contributed by atoms with van der Waals surface area (Å²) in [4.78, 5) is 28.2. The zero-order chi connectivity index (χ0) is 21.0. The van der Waals surface area contributed by atoms with Gasteiger partial charge in [-0.1, -0.05) is 12.1 Å². The van der Waals surface area contributed by atoms with Crippen LogP contribution in [0, 0.1) is 6.92 Å². The number of halogens is 3. The number of nitrogens with zero attached hydrogens (tertiary/aromatic N) is 1. The van der Waals surface area contributed by atoms with Crippen LogP contribution in [0.1, 0.15) is 32.2 Å². The van der Waals surface area contributed by atoms with E-state index < -0.39 is 23.6 Å². The number of carbonyl (C=O) groups is 2. The third-order valence-corrected chi connectivity index (χ3v) is 3.91. The van der Waals surface area contributed by atoms with Gasteiger partial charge in [-0.25, -0.2) is 4.98 Å². The Morgan fingerprint density at radius 2 is 1.62 bits per heavy atom. The summed E-state index contributed by atoms with van der Waals surface area (Å²) in [6.45, 7) is 1.55. The Morgan fingerprint density at radius 1 is 0.966 bits per heavy atom. The number of para-hydroxylation sites is 1. The van der Waals surface area contributed by atoms with Crippen molar-refractivity contribution >= 4 is 23.2 Å². The highest BCUT2D eigenvalue weighted by Gasteiger charge is 2.30. The van der Waals surface area contributed by atoms with Gasteiger partial charge in [-0.05, 0) is 43.3 Å². The lowest BCUT2D eigenvalue weighted by Crippen LogP contribution is -2.42. The summed E-state index contributed by atoms with van der Waals surface area (Å²) in [6, 6.07) is 10.7. The second-order valence-corrected chi connectivity index (χ2v) is 5.91. The summed E-state index contributed by atoms with van der Waals surface area (Å²) in [6.07, 6.45) is -3.33. The van der Waals surface area contributed by atoms with Gasteiger partial charge in [-0.3, -0.25) is 20.4 Å². The van der Waals surface area contributed by atoms with Gasteiger partial charge >= 0.3 is 6.18 Å². The standard InChI is InChI=1S/C19H15F3N4O3/c1-11-16(23-10-29-11)18(28)26-25-17(27)14-4-2-3-5-15(14)24-13-8-6-12(7-9-13)19(20,21)22/h2-10,24H,1H3,(H,25,27)(H,26,28). The van der Waals surface area contributed by atoms with Crippen LogP contribution in [0.3, 0.4) is 0 Å². The number of carbonyl (C=O) groups excluding carboxylic acids is 2. The highest BCUT2D eigenvalue weighted by atomic mass is 19.4. The summed E-state index contributed by atoms with van der Waals surface area (Å²) in [5.41, 5.74) is 4.61. The molecule has 3 rings (SSSR count). The minimum atomic E-state index is -4.43. The summed E-state index contributed by atoms with van der Waals surface area (Å²) < 4.78 is 43.0. The number of rotatable bonds is 4. The predicted molar refractivity (Wildman–Crippen MR) is 97.3 cm³/mol. The summed E-state index contributed by atoms with van der Waals surface area (Å²) in [5, 5.41) is 2.89. The molecule has 3 aromatic rings. The number of nitrogens with one attached hydrogen (secondary N) is 3. The van der Waals surface area contributed by atoms with Gasteiger partial charge in [0.15, 0.2) is 12.1 Å². The van der Waals surface area contributed by atoms with E-state index >= 15 is 0 Å². The van der Waals surface area contributed by atoms with E-state index in [2.05, 4.69) is 21.2 Å². The number of hydrogen-bond acceptors (Lipinski definition) is 5. The first-order chi connectivity index (χ1) is 13.8. The number of amides is 2. The van der Waals surface area contributed by atoms with Crippen molar-refractivity contribution in [3.63, 3.8) is 0 Å². The molecule has 0 fully saturated rings. The molecule has 2 aromatic carbocycles. The number of hydrogen-bond donors (Lipinski definition) is 3. The lowest BCUT2D eigenvalue weighted by atomic mass is 10.1. The maximum atomic E-state index is 12.7.